The van der Waals surface area contributed by atoms with Gasteiger partial charge in [0.15, 0.2) is 0 Å². The molecule has 1 heterocycles. The number of carboxylic acid groups (broad SMARTS) is 1. The number of halogens is 3. The first kappa shape index (κ1) is 15.3. The number of aliphatic carboxylic acids is 1. The zero-order valence-electron chi connectivity index (χ0n) is 10.4. The van der Waals surface area contributed by atoms with E-state index in [-0.39, 0.29) is 15.1 Å². The van der Waals surface area contributed by atoms with Crippen LogP contribution in [0.3, 0.4) is 0 Å². The predicted molar refractivity (Wildman–Crippen MR) is 75.4 cm³/mol. The van der Waals surface area contributed by atoms with Crippen LogP contribution in [-0.2, 0) is 4.79 Å². The van der Waals surface area contributed by atoms with Gasteiger partial charge in [-0.1, -0.05) is 11.6 Å². The molecular formula is C13H12BrClFNO3. The second kappa shape index (κ2) is 6.10. The molecule has 0 saturated carbocycles. The molecule has 2 rings (SSSR count). The highest BCUT2D eigenvalue weighted by Gasteiger charge is 2.33. The van der Waals surface area contributed by atoms with Crippen LogP contribution in [0.4, 0.5) is 4.39 Å². The van der Waals surface area contributed by atoms with Gasteiger partial charge in [0.25, 0.3) is 5.91 Å². The van der Waals surface area contributed by atoms with Crippen LogP contribution in [0.15, 0.2) is 16.6 Å². The maximum atomic E-state index is 14.0. The predicted octanol–water partition coefficient (Wildman–Crippen LogP) is 3.32. The molecular weight excluding hydrogens is 353 g/mol. The van der Waals surface area contributed by atoms with Gasteiger partial charge in [-0.15, -0.1) is 0 Å². The highest BCUT2D eigenvalue weighted by atomic mass is 79.9. The fraction of sp³-hybridized carbons (Fsp3) is 0.385. The lowest BCUT2D eigenvalue weighted by Crippen LogP contribution is -2.48. The maximum absolute atomic E-state index is 14.0. The van der Waals surface area contributed by atoms with Crippen molar-refractivity contribution in [3.8, 4) is 0 Å². The molecule has 1 aromatic carbocycles. The Morgan fingerprint density at radius 2 is 2.10 bits per heavy atom. The fourth-order valence-corrected chi connectivity index (χ4v) is 3.11. The Morgan fingerprint density at radius 1 is 1.40 bits per heavy atom. The van der Waals surface area contributed by atoms with Crippen molar-refractivity contribution in [1.82, 2.24) is 4.90 Å². The van der Waals surface area contributed by atoms with Crippen LogP contribution in [0, 0.1) is 5.82 Å². The third-order valence-corrected chi connectivity index (χ3v) is 4.07. The molecule has 1 aromatic rings. The van der Waals surface area contributed by atoms with E-state index in [9.17, 15) is 14.0 Å². The Balaban J connectivity index is 2.37. The van der Waals surface area contributed by atoms with E-state index >= 15 is 0 Å². The molecule has 1 fully saturated rings. The van der Waals surface area contributed by atoms with Gasteiger partial charge < -0.3 is 10.0 Å². The van der Waals surface area contributed by atoms with Crippen LogP contribution in [0.25, 0.3) is 0 Å². The smallest absolute Gasteiger partial charge is 0.326 e. The average Bonchev–Trinajstić information content (AvgIpc) is 2.42. The zero-order chi connectivity index (χ0) is 14.9. The van der Waals surface area contributed by atoms with Gasteiger partial charge in [-0.05, 0) is 47.3 Å². The Hall–Kier alpha value is -1.14. The van der Waals surface area contributed by atoms with Gasteiger partial charge in [0.1, 0.15) is 11.9 Å². The number of piperidine rings is 1. The minimum atomic E-state index is -1.07. The molecule has 1 amide bonds. The van der Waals surface area contributed by atoms with Gasteiger partial charge >= 0.3 is 5.97 Å². The van der Waals surface area contributed by atoms with Crippen LogP contribution in [0.2, 0.25) is 5.02 Å². The molecule has 0 spiro atoms. The summed E-state index contributed by atoms with van der Waals surface area (Å²) in [6.45, 7) is 0.305. The molecule has 1 saturated heterocycles. The van der Waals surface area contributed by atoms with Crippen LogP contribution in [0.1, 0.15) is 29.6 Å². The monoisotopic (exact) mass is 363 g/mol. The van der Waals surface area contributed by atoms with Gasteiger partial charge in [0, 0.05) is 11.6 Å². The zero-order valence-corrected chi connectivity index (χ0v) is 12.7. The van der Waals surface area contributed by atoms with E-state index in [2.05, 4.69) is 15.9 Å². The van der Waals surface area contributed by atoms with E-state index < -0.39 is 23.7 Å². The quantitative estimate of drug-likeness (QED) is 0.819. The van der Waals surface area contributed by atoms with Crippen molar-refractivity contribution in [3.05, 3.63) is 33.0 Å². The molecule has 7 heteroatoms. The lowest BCUT2D eigenvalue weighted by Gasteiger charge is -2.33. The molecule has 1 N–H and O–H groups in total. The molecule has 20 heavy (non-hydrogen) atoms. The lowest BCUT2D eigenvalue weighted by molar-refractivity contribution is -0.143. The summed E-state index contributed by atoms with van der Waals surface area (Å²) >= 11 is 8.81. The summed E-state index contributed by atoms with van der Waals surface area (Å²) in [4.78, 5) is 24.8. The highest BCUT2D eigenvalue weighted by Crippen LogP contribution is 2.27. The average molecular weight is 365 g/mol. The fourth-order valence-electron chi connectivity index (χ4n) is 2.30. The van der Waals surface area contributed by atoms with Crippen LogP contribution >= 0.6 is 27.5 Å². The second-order valence-corrected chi connectivity index (χ2v) is 5.89. The van der Waals surface area contributed by atoms with E-state index in [1.807, 2.05) is 0 Å². The Labute approximate surface area is 128 Å². The first-order valence-electron chi connectivity index (χ1n) is 6.10. The minimum Gasteiger partial charge on any atom is -0.480 e. The molecule has 1 aliphatic rings. The van der Waals surface area contributed by atoms with Gasteiger partial charge in [-0.25, -0.2) is 9.18 Å². The molecule has 0 radical (unpaired) electrons. The number of hydrogen-bond acceptors (Lipinski definition) is 2. The Kier molecular flexibility index (Phi) is 4.65. The summed E-state index contributed by atoms with van der Waals surface area (Å²) in [5.41, 5.74) is -0.211. The molecule has 1 aliphatic heterocycles. The summed E-state index contributed by atoms with van der Waals surface area (Å²) < 4.78 is 14.1. The third-order valence-electron chi connectivity index (χ3n) is 3.27. The van der Waals surface area contributed by atoms with Crippen molar-refractivity contribution in [2.24, 2.45) is 0 Å². The molecule has 0 aromatic heterocycles. The number of amides is 1. The van der Waals surface area contributed by atoms with Crippen LogP contribution in [0.5, 0.6) is 0 Å². The lowest BCUT2D eigenvalue weighted by atomic mass is 10.0. The van der Waals surface area contributed by atoms with Crippen molar-refractivity contribution in [1.29, 1.82) is 0 Å². The molecule has 0 bridgehead atoms. The topological polar surface area (TPSA) is 57.6 Å². The van der Waals surface area contributed by atoms with Gasteiger partial charge in [0.2, 0.25) is 0 Å². The molecule has 0 aliphatic carbocycles. The van der Waals surface area contributed by atoms with Crippen molar-refractivity contribution >= 4 is 39.4 Å². The standard InChI is InChI=1S/C13H12BrClFNO3/c14-9-6-7(15)5-8(11(9)16)12(18)17-4-2-1-3-10(17)13(19)20/h5-6,10H,1-4H2,(H,19,20). The largest absolute Gasteiger partial charge is 0.480 e. The van der Waals surface area contributed by atoms with Gasteiger partial charge in [0.05, 0.1) is 10.0 Å². The summed E-state index contributed by atoms with van der Waals surface area (Å²) in [6.07, 6.45) is 1.83. The number of carboxylic acids is 1. The van der Waals surface area contributed by atoms with Crippen molar-refractivity contribution in [2.75, 3.05) is 6.54 Å². The third kappa shape index (κ3) is 2.96. The normalized spacial score (nSPS) is 18.9. The first-order valence-corrected chi connectivity index (χ1v) is 7.27. The van der Waals surface area contributed by atoms with Crippen molar-refractivity contribution in [2.45, 2.75) is 25.3 Å². The van der Waals surface area contributed by atoms with Gasteiger partial charge in [-0.3, -0.25) is 4.79 Å². The molecule has 1 unspecified atom stereocenters. The summed E-state index contributed by atoms with van der Waals surface area (Å²) in [7, 11) is 0. The minimum absolute atomic E-state index is 0.0808. The molecule has 108 valence electrons. The SMILES string of the molecule is O=C(O)C1CCCCN1C(=O)c1cc(Cl)cc(Br)c1F. The second-order valence-electron chi connectivity index (χ2n) is 4.60. The Morgan fingerprint density at radius 3 is 2.75 bits per heavy atom. The maximum Gasteiger partial charge on any atom is 0.326 e. The van der Waals surface area contributed by atoms with E-state index in [0.29, 0.717) is 19.4 Å². The van der Waals surface area contributed by atoms with Crippen LogP contribution < -0.4 is 0 Å². The van der Waals surface area contributed by atoms with E-state index in [1.165, 1.54) is 17.0 Å². The summed E-state index contributed by atoms with van der Waals surface area (Å²) in [5, 5.41) is 9.37. The highest BCUT2D eigenvalue weighted by molar-refractivity contribution is 9.10. The number of benzene rings is 1. The van der Waals surface area contributed by atoms with E-state index in [1.54, 1.807) is 0 Å². The first-order chi connectivity index (χ1) is 9.41. The van der Waals surface area contributed by atoms with Gasteiger partial charge in [-0.2, -0.15) is 0 Å². The van der Waals surface area contributed by atoms with E-state index in [0.717, 1.165) is 6.42 Å². The number of rotatable bonds is 2. The van der Waals surface area contributed by atoms with Crippen molar-refractivity contribution in [3.63, 3.8) is 0 Å². The summed E-state index contributed by atoms with van der Waals surface area (Å²) in [5.74, 6) is -2.44. The number of likely N-dealkylation sites (tertiary alicyclic amines) is 1. The van der Waals surface area contributed by atoms with Crippen LogP contribution in [-0.4, -0.2) is 34.5 Å². The number of hydrogen-bond donors (Lipinski definition) is 1. The molecule has 1 atom stereocenters. The van der Waals surface area contributed by atoms with E-state index in [4.69, 9.17) is 16.7 Å². The number of carbonyl (C=O) groups is 2. The summed E-state index contributed by atoms with van der Waals surface area (Å²) in [6, 6.07) is 1.66. The van der Waals surface area contributed by atoms with Crippen molar-refractivity contribution < 1.29 is 19.1 Å². The Bertz CT molecular complexity index is 567. The number of carbonyl (C=O) groups excluding carboxylic acids is 1. The number of nitrogens with zero attached hydrogens (tertiary/aromatic N) is 1. The molecule has 4 nitrogen and oxygen atoms in total.